The number of hydrogen-bond donors (Lipinski definition) is 1. The van der Waals surface area contributed by atoms with Gasteiger partial charge in [0.25, 0.3) is 0 Å². The molecule has 0 unspecified atom stereocenters. The average molecular weight is 337 g/mol. The Morgan fingerprint density at radius 3 is 2.48 bits per heavy atom. The average Bonchev–Trinajstić information content (AvgIpc) is 2.50. The van der Waals surface area contributed by atoms with Crippen LogP contribution in [-0.2, 0) is 14.6 Å². The highest BCUT2D eigenvalue weighted by Crippen LogP contribution is 2.29. The quantitative estimate of drug-likeness (QED) is 0.898. The molecule has 0 heterocycles. The number of carbonyl (C=O) groups is 1. The smallest absolute Gasteiger partial charge is 0.221 e. The van der Waals surface area contributed by atoms with E-state index < -0.39 is 9.84 Å². The van der Waals surface area contributed by atoms with E-state index in [0.29, 0.717) is 11.8 Å². The van der Waals surface area contributed by atoms with Gasteiger partial charge in [0.05, 0.1) is 10.6 Å². The van der Waals surface area contributed by atoms with Gasteiger partial charge in [-0.15, -0.1) is 0 Å². The van der Waals surface area contributed by atoms with Crippen LogP contribution in [0.4, 0.5) is 0 Å². The van der Waals surface area contributed by atoms with Crippen LogP contribution < -0.4 is 5.32 Å². The van der Waals surface area contributed by atoms with Crippen molar-refractivity contribution in [2.45, 2.75) is 57.4 Å². The molecule has 0 aromatic heterocycles. The van der Waals surface area contributed by atoms with Crippen LogP contribution in [0.1, 0.15) is 45.1 Å². The van der Waals surface area contributed by atoms with Crippen molar-refractivity contribution in [1.82, 2.24) is 5.32 Å². The minimum absolute atomic E-state index is 0.0216. The summed E-state index contributed by atoms with van der Waals surface area (Å²) < 4.78 is 24.6. The lowest BCUT2D eigenvalue weighted by molar-refractivity contribution is -0.122. The molecular formula is C18H27NO3S. The maximum Gasteiger partial charge on any atom is 0.221 e. The molecule has 3 atom stereocenters. The second kappa shape index (κ2) is 7.47. The van der Waals surface area contributed by atoms with Crippen LogP contribution in [0.25, 0.3) is 0 Å². The van der Waals surface area contributed by atoms with Crippen molar-refractivity contribution in [3.63, 3.8) is 0 Å². The third kappa shape index (κ3) is 4.80. The first kappa shape index (κ1) is 18.0. The molecule has 0 spiro atoms. The monoisotopic (exact) mass is 337 g/mol. The van der Waals surface area contributed by atoms with Crippen LogP contribution in [-0.4, -0.2) is 26.1 Å². The summed E-state index contributed by atoms with van der Waals surface area (Å²) in [5.74, 6) is 0.747. The summed E-state index contributed by atoms with van der Waals surface area (Å²) in [5.41, 5.74) is 1.02. The molecule has 0 saturated heterocycles. The molecule has 1 amide bonds. The Balaban J connectivity index is 1.89. The van der Waals surface area contributed by atoms with Crippen LogP contribution in [0, 0.1) is 18.8 Å². The third-order valence-corrected chi connectivity index (χ3v) is 6.76. The van der Waals surface area contributed by atoms with Crippen molar-refractivity contribution in [3.8, 4) is 0 Å². The molecule has 23 heavy (non-hydrogen) atoms. The number of sulfone groups is 1. The topological polar surface area (TPSA) is 63.2 Å². The molecule has 1 saturated carbocycles. The van der Waals surface area contributed by atoms with Gasteiger partial charge in [-0.05, 0) is 37.3 Å². The molecule has 1 fully saturated rings. The van der Waals surface area contributed by atoms with Gasteiger partial charge < -0.3 is 5.32 Å². The van der Waals surface area contributed by atoms with Crippen LogP contribution >= 0.6 is 0 Å². The molecule has 0 radical (unpaired) electrons. The Labute approximate surface area is 139 Å². The summed E-state index contributed by atoms with van der Waals surface area (Å²) in [5, 5.41) is 3.03. The van der Waals surface area contributed by atoms with E-state index in [2.05, 4.69) is 19.2 Å². The summed E-state index contributed by atoms with van der Waals surface area (Å²) >= 11 is 0. The molecule has 5 heteroatoms. The fourth-order valence-corrected chi connectivity index (χ4v) is 4.40. The Kier molecular flexibility index (Phi) is 5.84. The van der Waals surface area contributed by atoms with Gasteiger partial charge in [-0.3, -0.25) is 4.79 Å². The molecule has 4 nitrogen and oxygen atoms in total. The van der Waals surface area contributed by atoms with Gasteiger partial charge in [-0.1, -0.05) is 44.4 Å². The zero-order valence-corrected chi connectivity index (χ0v) is 15.0. The van der Waals surface area contributed by atoms with Gasteiger partial charge in [0.15, 0.2) is 9.84 Å². The molecule has 1 aromatic rings. The predicted molar refractivity (Wildman–Crippen MR) is 92.0 cm³/mol. The highest BCUT2D eigenvalue weighted by atomic mass is 32.2. The van der Waals surface area contributed by atoms with Gasteiger partial charge in [-0.25, -0.2) is 8.42 Å². The Morgan fingerprint density at radius 2 is 1.83 bits per heavy atom. The van der Waals surface area contributed by atoms with Crippen molar-refractivity contribution in [3.05, 3.63) is 29.8 Å². The van der Waals surface area contributed by atoms with Crippen LogP contribution in [0.3, 0.4) is 0 Å². The normalized spacial score (nSPS) is 25.1. The van der Waals surface area contributed by atoms with Crippen LogP contribution in [0.2, 0.25) is 0 Å². The van der Waals surface area contributed by atoms with Gasteiger partial charge >= 0.3 is 0 Å². The molecular weight excluding hydrogens is 310 g/mol. The highest BCUT2D eigenvalue weighted by Gasteiger charge is 2.28. The molecule has 128 valence electrons. The molecule has 1 aliphatic rings. The number of nitrogens with one attached hydrogen (secondary N) is 1. The molecule has 0 bridgehead atoms. The minimum atomic E-state index is -3.40. The fourth-order valence-electron chi connectivity index (χ4n) is 3.16. The van der Waals surface area contributed by atoms with Gasteiger partial charge in [0.1, 0.15) is 0 Å². The first-order chi connectivity index (χ1) is 10.8. The number of benzene rings is 1. The highest BCUT2D eigenvalue weighted by molar-refractivity contribution is 7.91. The largest absolute Gasteiger partial charge is 0.353 e. The minimum Gasteiger partial charge on any atom is -0.353 e. The van der Waals surface area contributed by atoms with E-state index in [-0.39, 0.29) is 29.0 Å². The zero-order valence-electron chi connectivity index (χ0n) is 14.2. The first-order valence-corrected chi connectivity index (χ1v) is 10.0. The van der Waals surface area contributed by atoms with Crippen LogP contribution in [0.15, 0.2) is 29.2 Å². The van der Waals surface area contributed by atoms with E-state index in [9.17, 15) is 13.2 Å². The number of aryl methyl sites for hydroxylation is 1. The van der Waals surface area contributed by atoms with E-state index in [1.807, 2.05) is 6.92 Å². The first-order valence-electron chi connectivity index (χ1n) is 8.38. The molecule has 0 aliphatic heterocycles. The predicted octanol–water partition coefficient (Wildman–Crippen LogP) is 3.10. The number of rotatable bonds is 5. The second-order valence-electron chi connectivity index (χ2n) is 6.82. The van der Waals surface area contributed by atoms with Crippen molar-refractivity contribution >= 4 is 15.7 Å². The van der Waals surface area contributed by atoms with Crippen molar-refractivity contribution in [1.29, 1.82) is 0 Å². The summed E-state index contributed by atoms with van der Waals surface area (Å²) in [7, 11) is -3.40. The van der Waals surface area contributed by atoms with E-state index in [0.717, 1.165) is 18.4 Å². The fraction of sp³-hybridized carbons (Fsp3) is 0.611. The van der Waals surface area contributed by atoms with Gasteiger partial charge in [-0.2, -0.15) is 0 Å². The van der Waals surface area contributed by atoms with E-state index in [4.69, 9.17) is 0 Å². The van der Waals surface area contributed by atoms with Crippen molar-refractivity contribution in [2.24, 2.45) is 11.8 Å². The lowest BCUT2D eigenvalue weighted by Gasteiger charge is -2.34. The van der Waals surface area contributed by atoms with Crippen molar-refractivity contribution < 1.29 is 13.2 Å². The third-order valence-electron chi connectivity index (χ3n) is 5.03. The molecule has 2 rings (SSSR count). The van der Waals surface area contributed by atoms with E-state index >= 15 is 0 Å². The standard InChI is InChI=1S/C18H27NO3S/c1-13-7-9-16(10-8-13)23(21,22)12-11-18(20)19-17-6-4-5-14(2)15(17)3/h7-10,14-15,17H,4-6,11-12H2,1-3H3,(H,19,20)/t14-,15+,17-/m1/s1. The number of amides is 1. The van der Waals surface area contributed by atoms with E-state index in [1.165, 1.54) is 6.42 Å². The van der Waals surface area contributed by atoms with Crippen LogP contribution in [0.5, 0.6) is 0 Å². The van der Waals surface area contributed by atoms with E-state index in [1.54, 1.807) is 24.3 Å². The number of hydrogen-bond acceptors (Lipinski definition) is 3. The summed E-state index contributed by atoms with van der Waals surface area (Å²) in [6, 6.07) is 6.94. The molecule has 1 aromatic carbocycles. The second-order valence-corrected chi connectivity index (χ2v) is 8.93. The Morgan fingerprint density at radius 1 is 1.17 bits per heavy atom. The SMILES string of the molecule is Cc1ccc(S(=O)(=O)CCC(=O)N[C@@H]2CCC[C@@H](C)[C@@H]2C)cc1. The molecule has 1 aliphatic carbocycles. The van der Waals surface area contributed by atoms with Gasteiger partial charge in [0.2, 0.25) is 5.91 Å². The summed E-state index contributed by atoms with van der Waals surface area (Å²) in [6.07, 6.45) is 3.34. The zero-order chi connectivity index (χ0) is 17.0. The van der Waals surface area contributed by atoms with Gasteiger partial charge in [0, 0.05) is 12.5 Å². The maximum absolute atomic E-state index is 12.3. The van der Waals surface area contributed by atoms with Crippen molar-refractivity contribution in [2.75, 3.05) is 5.75 Å². The maximum atomic E-state index is 12.3. The lowest BCUT2D eigenvalue weighted by Crippen LogP contribution is -2.44. The number of carbonyl (C=O) groups excluding carboxylic acids is 1. The summed E-state index contributed by atoms with van der Waals surface area (Å²) in [4.78, 5) is 12.4. The Bertz CT molecular complexity index is 637. The Hall–Kier alpha value is -1.36. The summed E-state index contributed by atoms with van der Waals surface area (Å²) in [6.45, 7) is 6.29. The lowest BCUT2D eigenvalue weighted by atomic mass is 9.78. The molecule has 1 N–H and O–H groups in total.